The van der Waals surface area contributed by atoms with Gasteiger partial charge in [-0.15, -0.1) is 0 Å². The van der Waals surface area contributed by atoms with E-state index < -0.39 is 6.09 Å². The highest BCUT2D eigenvalue weighted by atomic mass is 16.5. The fraction of sp³-hybridized carbons (Fsp3) is 0.429. The molecule has 72 valence electrons. The van der Waals surface area contributed by atoms with Crippen LogP contribution in [0.4, 0.5) is 4.79 Å². The van der Waals surface area contributed by atoms with Gasteiger partial charge in [0.1, 0.15) is 5.76 Å². The summed E-state index contributed by atoms with van der Waals surface area (Å²) in [5.41, 5.74) is 0. The Labute approximate surface area is 74.5 Å². The number of ether oxygens (including phenoxy) is 1. The first kappa shape index (κ1) is 9.37. The Hall–Kier alpha value is -1.72. The summed E-state index contributed by atoms with van der Waals surface area (Å²) >= 11 is 0. The zero-order chi connectivity index (χ0) is 9.68. The monoisotopic (exact) mass is 186 g/mol. The molecule has 1 rings (SSSR count). The molecule has 6 heteroatoms. The number of aromatic nitrogens is 1. The van der Waals surface area contributed by atoms with Gasteiger partial charge in [0.2, 0.25) is 0 Å². The van der Waals surface area contributed by atoms with Gasteiger partial charge in [0.15, 0.2) is 0 Å². The predicted octanol–water partition coefficient (Wildman–Crippen LogP) is 0.493. The van der Waals surface area contributed by atoms with Crippen molar-refractivity contribution < 1.29 is 19.2 Å². The van der Waals surface area contributed by atoms with E-state index in [1.807, 2.05) is 0 Å². The van der Waals surface area contributed by atoms with Gasteiger partial charge in [-0.05, 0) is 5.16 Å². The van der Waals surface area contributed by atoms with Crippen molar-refractivity contribution in [3.8, 4) is 5.88 Å². The zero-order valence-corrected chi connectivity index (χ0v) is 7.11. The standard InChI is InChI=1S/C7H10N2O4/c1-12-6-4-5(13-9-6)2-3-8-7(10)11/h4,8H,2-3H2,1H3,(H,10,11). The summed E-state index contributed by atoms with van der Waals surface area (Å²) in [6, 6.07) is 1.61. The van der Waals surface area contributed by atoms with Gasteiger partial charge in [0.05, 0.1) is 7.11 Å². The van der Waals surface area contributed by atoms with E-state index in [1.54, 1.807) is 6.07 Å². The fourth-order valence-electron chi connectivity index (χ4n) is 0.801. The fourth-order valence-corrected chi connectivity index (χ4v) is 0.801. The maximum absolute atomic E-state index is 10.1. The number of nitrogens with zero attached hydrogens (tertiary/aromatic N) is 1. The number of rotatable bonds is 4. The van der Waals surface area contributed by atoms with Crippen molar-refractivity contribution in [1.29, 1.82) is 0 Å². The summed E-state index contributed by atoms with van der Waals surface area (Å²) in [6.07, 6.45) is -0.589. The Morgan fingerprint density at radius 3 is 3.15 bits per heavy atom. The second-order valence-electron chi connectivity index (χ2n) is 2.32. The van der Waals surface area contributed by atoms with Gasteiger partial charge in [0, 0.05) is 19.0 Å². The maximum Gasteiger partial charge on any atom is 0.404 e. The molecular formula is C7H10N2O4. The molecule has 1 amide bonds. The lowest BCUT2D eigenvalue weighted by Crippen LogP contribution is -2.23. The van der Waals surface area contributed by atoms with Crippen LogP contribution in [0.15, 0.2) is 10.6 Å². The molecule has 0 aliphatic heterocycles. The lowest BCUT2D eigenvalue weighted by molar-refractivity contribution is 0.194. The molecule has 1 aromatic rings. The van der Waals surface area contributed by atoms with Crippen molar-refractivity contribution in [2.45, 2.75) is 6.42 Å². The highest BCUT2D eigenvalue weighted by molar-refractivity contribution is 5.64. The number of hydrogen-bond donors (Lipinski definition) is 2. The second kappa shape index (κ2) is 4.34. The first-order valence-corrected chi connectivity index (χ1v) is 3.68. The average Bonchev–Trinajstić information content (AvgIpc) is 2.52. The molecule has 2 N–H and O–H groups in total. The number of amides is 1. The lowest BCUT2D eigenvalue weighted by atomic mass is 10.3. The molecule has 0 aliphatic carbocycles. The molecule has 0 fully saturated rings. The summed E-state index contributed by atoms with van der Waals surface area (Å²) in [7, 11) is 1.48. The largest absolute Gasteiger partial charge is 0.479 e. The Balaban J connectivity index is 2.32. The summed E-state index contributed by atoms with van der Waals surface area (Å²) in [6.45, 7) is 0.299. The second-order valence-corrected chi connectivity index (χ2v) is 2.32. The first-order chi connectivity index (χ1) is 6.22. The molecule has 0 atom stereocenters. The van der Waals surface area contributed by atoms with E-state index in [-0.39, 0.29) is 0 Å². The molecule has 0 unspecified atom stereocenters. The van der Waals surface area contributed by atoms with Crippen LogP contribution < -0.4 is 10.1 Å². The van der Waals surface area contributed by atoms with E-state index in [4.69, 9.17) is 14.4 Å². The van der Waals surface area contributed by atoms with E-state index in [9.17, 15) is 4.79 Å². The van der Waals surface area contributed by atoms with Gasteiger partial charge >= 0.3 is 6.09 Å². The van der Waals surface area contributed by atoms with Crippen molar-refractivity contribution in [3.05, 3.63) is 11.8 Å². The van der Waals surface area contributed by atoms with Crippen molar-refractivity contribution in [3.63, 3.8) is 0 Å². The van der Waals surface area contributed by atoms with Crippen LogP contribution in [-0.2, 0) is 6.42 Å². The SMILES string of the molecule is COc1cc(CCNC(=O)O)on1. The molecule has 0 bridgehead atoms. The quantitative estimate of drug-likeness (QED) is 0.714. The number of hydrogen-bond acceptors (Lipinski definition) is 4. The normalized spacial score (nSPS) is 9.62. The highest BCUT2D eigenvalue weighted by Crippen LogP contribution is 2.10. The van der Waals surface area contributed by atoms with Crippen LogP contribution in [0.2, 0.25) is 0 Å². The predicted molar refractivity (Wildman–Crippen MR) is 42.8 cm³/mol. The molecule has 1 aromatic heterocycles. The van der Waals surface area contributed by atoms with Crippen LogP contribution in [-0.4, -0.2) is 30.0 Å². The van der Waals surface area contributed by atoms with Crippen molar-refractivity contribution in [1.82, 2.24) is 10.5 Å². The van der Waals surface area contributed by atoms with E-state index in [0.717, 1.165) is 0 Å². The third-order valence-electron chi connectivity index (χ3n) is 1.39. The molecule has 0 radical (unpaired) electrons. The number of carbonyl (C=O) groups is 1. The molecule has 0 aliphatic rings. The number of methoxy groups -OCH3 is 1. The molecule has 0 spiro atoms. The Morgan fingerprint density at radius 1 is 1.85 bits per heavy atom. The number of carboxylic acid groups (broad SMARTS) is 1. The van der Waals surface area contributed by atoms with E-state index in [0.29, 0.717) is 24.6 Å². The van der Waals surface area contributed by atoms with Crippen molar-refractivity contribution in [2.75, 3.05) is 13.7 Å². The lowest BCUT2D eigenvalue weighted by Gasteiger charge is -1.95. The minimum atomic E-state index is -1.05. The third kappa shape index (κ3) is 3.02. The van der Waals surface area contributed by atoms with Gasteiger partial charge in [0.25, 0.3) is 5.88 Å². The molecule has 0 aromatic carbocycles. The molecule has 6 nitrogen and oxygen atoms in total. The molecule has 0 saturated heterocycles. The Kier molecular flexibility index (Phi) is 3.13. The average molecular weight is 186 g/mol. The minimum Gasteiger partial charge on any atom is -0.479 e. The van der Waals surface area contributed by atoms with Gasteiger partial charge in [-0.1, -0.05) is 0 Å². The topological polar surface area (TPSA) is 84.6 Å². The zero-order valence-electron chi connectivity index (χ0n) is 7.11. The third-order valence-corrected chi connectivity index (χ3v) is 1.39. The molecule has 0 saturated carbocycles. The summed E-state index contributed by atoms with van der Waals surface area (Å²) < 4.78 is 9.61. The molecule has 1 heterocycles. The Bertz CT molecular complexity index is 284. The van der Waals surface area contributed by atoms with Gasteiger partial charge < -0.3 is 19.7 Å². The Morgan fingerprint density at radius 2 is 2.62 bits per heavy atom. The summed E-state index contributed by atoms with van der Waals surface area (Å²) in [4.78, 5) is 10.1. The summed E-state index contributed by atoms with van der Waals surface area (Å²) in [5, 5.41) is 14.0. The van der Waals surface area contributed by atoms with Gasteiger partial charge in [-0.3, -0.25) is 0 Å². The van der Waals surface area contributed by atoms with Crippen LogP contribution in [0.1, 0.15) is 5.76 Å². The van der Waals surface area contributed by atoms with Gasteiger partial charge in [-0.25, -0.2) is 4.79 Å². The highest BCUT2D eigenvalue weighted by Gasteiger charge is 2.03. The van der Waals surface area contributed by atoms with Crippen LogP contribution in [0.25, 0.3) is 0 Å². The molecular weight excluding hydrogens is 176 g/mol. The summed E-state index contributed by atoms with van der Waals surface area (Å²) in [5.74, 6) is 0.982. The van der Waals surface area contributed by atoms with E-state index in [1.165, 1.54) is 7.11 Å². The van der Waals surface area contributed by atoms with Crippen LogP contribution in [0, 0.1) is 0 Å². The van der Waals surface area contributed by atoms with Crippen molar-refractivity contribution >= 4 is 6.09 Å². The molecule has 13 heavy (non-hydrogen) atoms. The van der Waals surface area contributed by atoms with E-state index >= 15 is 0 Å². The first-order valence-electron chi connectivity index (χ1n) is 3.68. The van der Waals surface area contributed by atoms with Crippen LogP contribution >= 0.6 is 0 Å². The maximum atomic E-state index is 10.1. The van der Waals surface area contributed by atoms with Crippen LogP contribution in [0.3, 0.4) is 0 Å². The number of nitrogens with one attached hydrogen (secondary N) is 1. The van der Waals surface area contributed by atoms with Gasteiger partial charge in [-0.2, -0.15) is 0 Å². The minimum absolute atomic E-state index is 0.299. The smallest absolute Gasteiger partial charge is 0.404 e. The van der Waals surface area contributed by atoms with Crippen molar-refractivity contribution in [2.24, 2.45) is 0 Å². The van der Waals surface area contributed by atoms with E-state index in [2.05, 4.69) is 10.5 Å². The van der Waals surface area contributed by atoms with Crippen LogP contribution in [0.5, 0.6) is 5.88 Å².